The predicted molar refractivity (Wildman–Crippen MR) is 48.6 cm³/mol. The maximum absolute atomic E-state index is 11.1. The van der Waals surface area contributed by atoms with Gasteiger partial charge in [0.05, 0.1) is 4.90 Å². The van der Waals surface area contributed by atoms with E-state index in [0.717, 1.165) is 5.56 Å². The van der Waals surface area contributed by atoms with E-state index in [1.807, 2.05) is 6.92 Å². The van der Waals surface area contributed by atoms with Crippen molar-refractivity contribution in [2.45, 2.75) is 11.8 Å². The number of benzene rings is 1. The first-order valence-electron chi connectivity index (χ1n) is 3.61. The fourth-order valence-electron chi connectivity index (χ4n) is 0.850. The first-order valence-corrected chi connectivity index (χ1v) is 5.16. The molecule has 0 saturated heterocycles. The molecule has 1 rings (SSSR count). The van der Waals surface area contributed by atoms with Gasteiger partial charge in [-0.3, -0.25) is 0 Å². The van der Waals surface area contributed by atoms with Crippen molar-refractivity contribution in [3.8, 4) is 0 Å². The third kappa shape index (κ3) is 2.09. The van der Waals surface area contributed by atoms with Crippen LogP contribution in [0.5, 0.6) is 0 Å². The topological polar surface area (TPSA) is 74.6 Å². The molecule has 0 unspecified atom stereocenters. The van der Waals surface area contributed by atoms with Crippen molar-refractivity contribution in [3.63, 3.8) is 0 Å². The zero-order chi connectivity index (χ0) is 10.1. The molecule has 0 aliphatic carbocycles. The van der Waals surface area contributed by atoms with Crippen LogP contribution in [0.4, 0.5) is 0 Å². The first-order chi connectivity index (χ1) is 5.94. The summed E-state index contributed by atoms with van der Waals surface area (Å²) in [5.41, 5.74) is 0.909. The van der Waals surface area contributed by atoms with Crippen molar-refractivity contribution in [3.05, 3.63) is 29.8 Å². The second-order valence-electron chi connectivity index (χ2n) is 2.68. The smallest absolute Gasteiger partial charge is 0.414 e. The van der Waals surface area contributed by atoms with Crippen LogP contribution in [0.3, 0.4) is 0 Å². The van der Waals surface area contributed by atoms with Crippen LogP contribution in [0.25, 0.3) is 0 Å². The highest BCUT2D eigenvalue weighted by Crippen LogP contribution is 2.12. The van der Waals surface area contributed by atoms with E-state index in [4.69, 9.17) is 10.0 Å². The zero-order valence-corrected chi connectivity index (χ0v) is 7.82. The van der Waals surface area contributed by atoms with E-state index in [9.17, 15) is 8.42 Å². The Morgan fingerprint density at radius 3 is 2.00 bits per heavy atom. The summed E-state index contributed by atoms with van der Waals surface area (Å²) in [5.74, 6) is 0. The molecule has 70 valence electrons. The van der Waals surface area contributed by atoms with Crippen molar-refractivity contribution in [2.24, 2.45) is 0 Å². The van der Waals surface area contributed by atoms with Gasteiger partial charge in [-0.2, -0.15) is 0 Å². The summed E-state index contributed by atoms with van der Waals surface area (Å²) in [6, 6.07) is 5.86. The van der Waals surface area contributed by atoms with Gasteiger partial charge >= 0.3 is 6.40 Å². The molecule has 1 aromatic carbocycles. The molecule has 6 heteroatoms. The van der Waals surface area contributed by atoms with E-state index in [2.05, 4.69) is 0 Å². The van der Waals surface area contributed by atoms with Crippen molar-refractivity contribution >= 4 is 16.1 Å². The summed E-state index contributed by atoms with van der Waals surface area (Å²) in [7, 11) is -3.98. The maximum atomic E-state index is 11.1. The fourth-order valence-corrected chi connectivity index (χ4v) is 1.61. The third-order valence-corrected chi connectivity index (χ3v) is 3.11. The minimum absolute atomic E-state index is 0.0897. The van der Waals surface area contributed by atoms with E-state index < -0.39 is 16.1 Å². The van der Waals surface area contributed by atoms with Crippen molar-refractivity contribution in [1.82, 2.24) is 0 Å². The van der Waals surface area contributed by atoms with Crippen LogP contribution < -0.4 is 0 Å². The number of aryl methyl sites for hydroxylation is 1. The zero-order valence-electron chi connectivity index (χ0n) is 7.01. The predicted octanol–water partition coefficient (Wildman–Crippen LogP) is -0.262. The second-order valence-corrected chi connectivity index (χ2v) is 4.67. The molecule has 0 aliphatic rings. The second kappa shape index (κ2) is 3.49. The summed E-state index contributed by atoms with van der Waals surface area (Å²) < 4.78 is 22.3. The Morgan fingerprint density at radius 2 is 1.62 bits per heavy atom. The van der Waals surface area contributed by atoms with E-state index in [0.29, 0.717) is 0 Å². The molecule has 0 radical (unpaired) electrons. The summed E-state index contributed by atoms with van der Waals surface area (Å²) in [6.07, 6.45) is -2.35. The van der Waals surface area contributed by atoms with Gasteiger partial charge in [0.25, 0.3) is 0 Å². The van der Waals surface area contributed by atoms with Gasteiger partial charge in [0.1, 0.15) is 0 Å². The van der Waals surface area contributed by atoms with Crippen molar-refractivity contribution in [1.29, 1.82) is 0 Å². The van der Waals surface area contributed by atoms with Crippen LogP contribution in [0.2, 0.25) is 0 Å². The quantitative estimate of drug-likeness (QED) is 0.645. The van der Waals surface area contributed by atoms with Crippen LogP contribution in [-0.2, 0) is 9.69 Å². The van der Waals surface area contributed by atoms with Gasteiger partial charge in [0.15, 0.2) is 0 Å². The van der Waals surface area contributed by atoms with Gasteiger partial charge in [-0.25, -0.2) is 8.42 Å². The Labute approximate surface area is 76.8 Å². The normalized spacial score (nSPS) is 11.3. The van der Waals surface area contributed by atoms with E-state index in [1.54, 1.807) is 12.1 Å². The van der Waals surface area contributed by atoms with Crippen LogP contribution in [-0.4, -0.2) is 24.9 Å². The van der Waals surface area contributed by atoms with Crippen LogP contribution in [0.15, 0.2) is 29.2 Å². The molecule has 0 atom stereocenters. The summed E-state index contributed by atoms with van der Waals surface area (Å²) in [4.78, 5) is -0.0897. The molecular weight excluding hydrogens is 191 g/mol. The summed E-state index contributed by atoms with van der Waals surface area (Å²) >= 11 is 0. The lowest BCUT2D eigenvalue weighted by Gasteiger charge is -2.01. The van der Waals surface area contributed by atoms with Gasteiger partial charge in [-0.1, -0.05) is 17.7 Å². The van der Waals surface area contributed by atoms with E-state index >= 15 is 0 Å². The van der Waals surface area contributed by atoms with Gasteiger partial charge in [-0.15, -0.1) is 0 Å². The molecule has 4 nitrogen and oxygen atoms in total. The van der Waals surface area contributed by atoms with Crippen molar-refractivity contribution in [2.75, 3.05) is 0 Å². The lowest BCUT2D eigenvalue weighted by Crippen LogP contribution is -2.25. The first kappa shape index (κ1) is 10.2. The Balaban J connectivity index is 3.17. The van der Waals surface area contributed by atoms with Crippen LogP contribution in [0, 0.1) is 6.92 Å². The summed E-state index contributed by atoms with van der Waals surface area (Å²) in [5, 5.41) is 17.1. The molecule has 0 amide bonds. The highest BCUT2D eigenvalue weighted by molar-refractivity contribution is 8.16. The fraction of sp³-hybridized carbons (Fsp3) is 0.143. The molecule has 13 heavy (non-hydrogen) atoms. The average Bonchev–Trinajstić information content (AvgIpc) is 2.04. The monoisotopic (exact) mass is 200 g/mol. The minimum atomic E-state index is -3.98. The average molecular weight is 200 g/mol. The lowest BCUT2D eigenvalue weighted by atomic mass is 10.2. The SMILES string of the molecule is Cc1ccc(S(=O)(=O)B(O)O)cc1. The Kier molecular flexibility index (Phi) is 2.75. The molecule has 1 aromatic rings. The summed E-state index contributed by atoms with van der Waals surface area (Å²) in [6.45, 7) is 1.81. The molecule has 0 fully saturated rings. The minimum Gasteiger partial charge on any atom is -0.414 e. The molecule has 0 aliphatic heterocycles. The highest BCUT2D eigenvalue weighted by Gasteiger charge is 2.30. The Morgan fingerprint density at radius 1 is 1.15 bits per heavy atom. The van der Waals surface area contributed by atoms with Crippen LogP contribution >= 0.6 is 0 Å². The van der Waals surface area contributed by atoms with Gasteiger partial charge < -0.3 is 10.0 Å². The number of rotatable bonds is 2. The Bertz CT molecular complexity index is 381. The molecule has 0 spiro atoms. The van der Waals surface area contributed by atoms with Gasteiger partial charge in [0, 0.05) is 0 Å². The molecule has 0 aromatic heterocycles. The van der Waals surface area contributed by atoms with Gasteiger partial charge in [-0.05, 0) is 19.1 Å². The largest absolute Gasteiger partial charge is 0.599 e. The molecule has 0 bridgehead atoms. The van der Waals surface area contributed by atoms with E-state index in [1.165, 1.54) is 12.1 Å². The molecular formula is C7H9BO4S. The maximum Gasteiger partial charge on any atom is 0.599 e. The Hall–Kier alpha value is -0.845. The molecule has 2 N–H and O–H groups in total. The standard InChI is InChI=1S/C7H9BO4S/c1-6-2-4-7(5-3-6)13(11,12)8(9)10/h2-5,9-10H,1H3. The molecule has 0 saturated carbocycles. The van der Waals surface area contributed by atoms with E-state index in [-0.39, 0.29) is 4.90 Å². The number of hydrogen-bond donors (Lipinski definition) is 2. The van der Waals surface area contributed by atoms with Crippen LogP contribution in [0.1, 0.15) is 5.56 Å². The molecule has 0 heterocycles. The lowest BCUT2D eigenvalue weighted by molar-refractivity contribution is 0.428. The highest BCUT2D eigenvalue weighted by atomic mass is 32.2. The number of hydrogen-bond acceptors (Lipinski definition) is 4. The van der Waals surface area contributed by atoms with Crippen molar-refractivity contribution < 1.29 is 18.5 Å². The third-order valence-electron chi connectivity index (χ3n) is 1.63. The van der Waals surface area contributed by atoms with Gasteiger partial charge in [0.2, 0.25) is 9.69 Å².